The lowest BCUT2D eigenvalue weighted by Crippen LogP contribution is -2.37. The Bertz CT molecular complexity index is 770. The van der Waals surface area contributed by atoms with Crippen LogP contribution in [-0.2, 0) is 11.3 Å². The lowest BCUT2D eigenvalue weighted by Gasteiger charge is -2.22. The minimum atomic E-state index is -0.647. The van der Waals surface area contributed by atoms with E-state index in [-0.39, 0.29) is 5.91 Å². The number of nitriles is 1. The standard InChI is InChI=1S/C18H16Cl2N2O2/c1-12(24-15-6-3-13(10-21)4-7-15)18(23)22(2)11-14-5-8-16(19)17(20)9-14/h3-9,12H,11H2,1-2H3. The van der Waals surface area contributed by atoms with Gasteiger partial charge in [-0.15, -0.1) is 0 Å². The molecule has 4 nitrogen and oxygen atoms in total. The number of nitrogens with zero attached hydrogens (tertiary/aromatic N) is 2. The molecule has 6 heteroatoms. The fraction of sp³-hybridized carbons (Fsp3) is 0.222. The monoisotopic (exact) mass is 362 g/mol. The number of hydrogen-bond donors (Lipinski definition) is 0. The number of amides is 1. The molecule has 0 aliphatic rings. The van der Waals surface area contributed by atoms with Crippen molar-refractivity contribution in [3.05, 3.63) is 63.6 Å². The second-order valence-electron chi connectivity index (χ2n) is 5.34. The number of rotatable bonds is 5. The molecule has 0 heterocycles. The first-order valence-corrected chi connectivity index (χ1v) is 8.02. The second kappa shape index (κ2) is 8.05. The molecule has 0 fully saturated rings. The van der Waals surface area contributed by atoms with Crippen molar-refractivity contribution in [1.29, 1.82) is 5.26 Å². The number of carbonyl (C=O) groups is 1. The van der Waals surface area contributed by atoms with Gasteiger partial charge in [-0.05, 0) is 48.9 Å². The molecule has 0 saturated carbocycles. The van der Waals surface area contributed by atoms with Crippen LogP contribution in [-0.4, -0.2) is 24.0 Å². The molecule has 0 spiro atoms. The van der Waals surface area contributed by atoms with Crippen LogP contribution in [0.4, 0.5) is 0 Å². The van der Waals surface area contributed by atoms with E-state index in [1.165, 1.54) is 0 Å². The molecule has 0 saturated heterocycles. The number of likely N-dealkylation sites (N-methyl/N-ethyl adjacent to an activating group) is 1. The highest BCUT2D eigenvalue weighted by Gasteiger charge is 2.19. The average Bonchev–Trinajstić information content (AvgIpc) is 2.58. The van der Waals surface area contributed by atoms with Crippen molar-refractivity contribution in [2.45, 2.75) is 19.6 Å². The van der Waals surface area contributed by atoms with Gasteiger partial charge >= 0.3 is 0 Å². The lowest BCUT2D eigenvalue weighted by molar-refractivity contribution is -0.137. The van der Waals surface area contributed by atoms with Gasteiger partial charge in [-0.2, -0.15) is 5.26 Å². The van der Waals surface area contributed by atoms with Crippen LogP contribution >= 0.6 is 23.2 Å². The summed E-state index contributed by atoms with van der Waals surface area (Å²) in [6, 6.07) is 13.9. The van der Waals surface area contributed by atoms with E-state index in [4.69, 9.17) is 33.2 Å². The molecule has 2 aromatic carbocycles. The summed E-state index contributed by atoms with van der Waals surface area (Å²) in [5.41, 5.74) is 1.42. The van der Waals surface area contributed by atoms with Crippen molar-refractivity contribution < 1.29 is 9.53 Å². The van der Waals surface area contributed by atoms with E-state index in [9.17, 15) is 4.79 Å². The van der Waals surface area contributed by atoms with Crippen LogP contribution in [0.15, 0.2) is 42.5 Å². The summed E-state index contributed by atoms with van der Waals surface area (Å²) in [7, 11) is 1.70. The van der Waals surface area contributed by atoms with Crippen LogP contribution in [0.1, 0.15) is 18.1 Å². The molecule has 2 aromatic rings. The largest absolute Gasteiger partial charge is 0.481 e. The Balaban J connectivity index is 1.98. The number of halogens is 2. The first kappa shape index (κ1) is 18.1. The van der Waals surface area contributed by atoms with Gasteiger partial charge < -0.3 is 9.64 Å². The fourth-order valence-corrected chi connectivity index (χ4v) is 2.48. The first-order valence-electron chi connectivity index (χ1n) is 7.26. The third kappa shape index (κ3) is 4.64. The van der Waals surface area contributed by atoms with E-state index in [2.05, 4.69) is 0 Å². The van der Waals surface area contributed by atoms with Crippen LogP contribution in [0.2, 0.25) is 10.0 Å². The number of hydrogen-bond acceptors (Lipinski definition) is 3. The molecule has 0 N–H and O–H groups in total. The molecular formula is C18H16Cl2N2O2. The molecule has 0 aromatic heterocycles. The Morgan fingerprint density at radius 3 is 2.46 bits per heavy atom. The van der Waals surface area contributed by atoms with Crippen LogP contribution in [0.5, 0.6) is 5.75 Å². The normalized spacial score (nSPS) is 11.5. The Morgan fingerprint density at radius 2 is 1.88 bits per heavy atom. The predicted octanol–water partition coefficient (Wildman–Crippen LogP) is 4.29. The molecule has 0 bridgehead atoms. The summed E-state index contributed by atoms with van der Waals surface area (Å²) >= 11 is 11.9. The highest BCUT2D eigenvalue weighted by molar-refractivity contribution is 6.42. The fourth-order valence-electron chi connectivity index (χ4n) is 2.16. The molecule has 1 amide bonds. The van der Waals surface area contributed by atoms with Gasteiger partial charge in [0.25, 0.3) is 5.91 Å². The van der Waals surface area contributed by atoms with Crippen molar-refractivity contribution in [1.82, 2.24) is 4.90 Å². The summed E-state index contributed by atoms with van der Waals surface area (Å²) in [5.74, 6) is 0.378. The number of benzene rings is 2. The second-order valence-corrected chi connectivity index (χ2v) is 6.15. The van der Waals surface area contributed by atoms with Crippen molar-refractivity contribution in [3.8, 4) is 11.8 Å². The van der Waals surface area contributed by atoms with Crippen LogP contribution in [0.3, 0.4) is 0 Å². The summed E-state index contributed by atoms with van der Waals surface area (Å²) in [6.07, 6.45) is -0.647. The zero-order chi connectivity index (χ0) is 17.7. The summed E-state index contributed by atoms with van der Waals surface area (Å²) in [4.78, 5) is 14.0. The Labute approximate surface area is 151 Å². The van der Waals surface area contributed by atoms with Gasteiger partial charge in [0.1, 0.15) is 5.75 Å². The molecule has 2 rings (SSSR count). The highest BCUT2D eigenvalue weighted by Crippen LogP contribution is 2.23. The van der Waals surface area contributed by atoms with Gasteiger partial charge in [-0.1, -0.05) is 29.3 Å². The summed E-state index contributed by atoms with van der Waals surface area (Å²) in [5, 5.41) is 9.71. The number of ether oxygens (including phenoxy) is 1. The Kier molecular flexibility index (Phi) is 6.08. The Morgan fingerprint density at radius 1 is 1.21 bits per heavy atom. The van der Waals surface area contributed by atoms with E-state index >= 15 is 0 Å². The topological polar surface area (TPSA) is 53.3 Å². The van der Waals surface area contributed by atoms with E-state index in [1.807, 2.05) is 12.1 Å². The SMILES string of the molecule is CC(Oc1ccc(C#N)cc1)C(=O)N(C)Cc1ccc(Cl)c(Cl)c1. The van der Waals surface area contributed by atoms with E-state index in [0.717, 1.165) is 5.56 Å². The van der Waals surface area contributed by atoms with E-state index < -0.39 is 6.10 Å². The zero-order valence-corrected chi connectivity index (χ0v) is 14.8. The van der Waals surface area contributed by atoms with E-state index in [0.29, 0.717) is 27.9 Å². The maximum atomic E-state index is 12.4. The quantitative estimate of drug-likeness (QED) is 0.796. The van der Waals surface area contributed by atoms with Gasteiger partial charge in [0.2, 0.25) is 0 Å². The van der Waals surface area contributed by atoms with Crippen LogP contribution in [0, 0.1) is 11.3 Å². The summed E-state index contributed by atoms with van der Waals surface area (Å²) < 4.78 is 5.63. The molecule has 1 unspecified atom stereocenters. The van der Waals surface area contributed by atoms with Gasteiger partial charge in [0.05, 0.1) is 21.7 Å². The smallest absolute Gasteiger partial charge is 0.263 e. The third-order valence-electron chi connectivity index (χ3n) is 3.42. The lowest BCUT2D eigenvalue weighted by atomic mass is 10.2. The van der Waals surface area contributed by atoms with Crippen molar-refractivity contribution in [3.63, 3.8) is 0 Å². The third-order valence-corrected chi connectivity index (χ3v) is 4.16. The van der Waals surface area contributed by atoms with Gasteiger partial charge in [-0.25, -0.2) is 0 Å². The Hall–Kier alpha value is -2.22. The van der Waals surface area contributed by atoms with Crippen LogP contribution in [0.25, 0.3) is 0 Å². The van der Waals surface area contributed by atoms with Gasteiger partial charge in [0, 0.05) is 13.6 Å². The molecule has 124 valence electrons. The number of carbonyl (C=O) groups excluding carboxylic acids is 1. The predicted molar refractivity (Wildman–Crippen MR) is 94.2 cm³/mol. The molecule has 0 radical (unpaired) electrons. The summed E-state index contributed by atoms with van der Waals surface area (Å²) in [6.45, 7) is 2.09. The first-order chi connectivity index (χ1) is 11.4. The van der Waals surface area contributed by atoms with Crippen molar-refractivity contribution in [2.75, 3.05) is 7.05 Å². The molecule has 24 heavy (non-hydrogen) atoms. The highest BCUT2D eigenvalue weighted by atomic mass is 35.5. The average molecular weight is 363 g/mol. The molecule has 0 aliphatic heterocycles. The minimum Gasteiger partial charge on any atom is -0.481 e. The van der Waals surface area contributed by atoms with Crippen LogP contribution < -0.4 is 4.74 Å². The minimum absolute atomic E-state index is 0.162. The van der Waals surface area contributed by atoms with Gasteiger partial charge in [-0.3, -0.25) is 4.79 Å². The van der Waals surface area contributed by atoms with Crippen molar-refractivity contribution in [2.24, 2.45) is 0 Å². The molecule has 0 aliphatic carbocycles. The van der Waals surface area contributed by atoms with Gasteiger partial charge in [0.15, 0.2) is 6.10 Å². The van der Waals surface area contributed by atoms with E-state index in [1.54, 1.807) is 55.3 Å². The maximum absolute atomic E-state index is 12.4. The molecule has 1 atom stereocenters. The zero-order valence-electron chi connectivity index (χ0n) is 13.3. The van der Waals surface area contributed by atoms with Crippen molar-refractivity contribution >= 4 is 29.1 Å². The maximum Gasteiger partial charge on any atom is 0.263 e. The molecular weight excluding hydrogens is 347 g/mol.